The van der Waals surface area contributed by atoms with E-state index in [1.165, 1.54) is 6.07 Å². The van der Waals surface area contributed by atoms with E-state index in [1.54, 1.807) is 13.0 Å². The lowest BCUT2D eigenvalue weighted by molar-refractivity contribution is 0.0993. The number of hydrogen-bond donors (Lipinski definition) is 1. The minimum Gasteiger partial charge on any atom is -0.305 e. The number of Topliss-reactive ketones (excluding diaryl/α,β-unsaturated/α-hetero) is 1. The van der Waals surface area contributed by atoms with Crippen LogP contribution in [0.3, 0.4) is 0 Å². The molecule has 28 heavy (non-hydrogen) atoms. The third-order valence-corrected chi connectivity index (χ3v) is 6.93. The maximum atomic E-state index is 14.6. The molecule has 0 radical (unpaired) electrons. The van der Waals surface area contributed by atoms with Gasteiger partial charge in [-0.1, -0.05) is 30.3 Å². The minimum atomic E-state index is -3.64. The molecule has 1 aliphatic heterocycles. The summed E-state index contributed by atoms with van der Waals surface area (Å²) in [6.45, 7) is 2.44. The van der Waals surface area contributed by atoms with Gasteiger partial charge in [0.25, 0.3) is 0 Å². The first-order valence-corrected chi connectivity index (χ1v) is 10.9. The van der Waals surface area contributed by atoms with Gasteiger partial charge in [-0.3, -0.25) is 4.79 Å². The summed E-state index contributed by atoms with van der Waals surface area (Å²) in [5.74, 6) is -1.19. The zero-order valence-corrected chi connectivity index (χ0v) is 16.9. The van der Waals surface area contributed by atoms with Gasteiger partial charge in [0.05, 0.1) is 17.4 Å². The van der Waals surface area contributed by atoms with Gasteiger partial charge < -0.3 is 4.90 Å². The van der Waals surface area contributed by atoms with Gasteiger partial charge in [-0.15, -0.1) is 0 Å². The molecule has 3 rings (SSSR count). The zero-order chi connectivity index (χ0) is 20.3. The summed E-state index contributed by atoms with van der Waals surface area (Å²) in [5.41, 5.74) is 1.84. The van der Waals surface area contributed by atoms with E-state index in [1.807, 2.05) is 42.3 Å². The van der Waals surface area contributed by atoms with Crippen molar-refractivity contribution in [2.45, 2.75) is 25.0 Å². The van der Waals surface area contributed by atoms with Crippen LogP contribution in [0.1, 0.15) is 28.8 Å². The minimum absolute atomic E-state index is 0.0951. The SMILES string of the molecule is Cc1cc(-c2ccccc2)cc(C(=O)CNS(=O)(=O)C2CCCN(C)C2)c1F. The maximum Gasteiger partial charge on any atom is 0.216 e. The summed E-state index contributed by atoms with van der Waals surface area (Å²) >= 11 is 0. The highest BCUT2D eigenvalue weighted by Gasteiger charge is 2.30. The molecule has 2 aromatic carbocycles. The fraction of sp³-hybridized carbons (Fsp3) is 0.381. The van der Waals surface area contributed by atoms with Gasteiger partial charge in [-0.2, -0.15) is 0 Å². The Morgan fingerprint density at radius 2 is 1.93 bits per heavy atom. The van der Waals surface area contributed by atoms with E-state index in [-0.39, 0.29) is 5.56 Å². The Bertz CT molecular complexity index is 961. The summed E-state index contributed by atoms with van der Waals surface area (Å²) in [7, 11) is -1.76. The van der Waals surface area contributed by atoms with Crippen LogP contribution in [-0.2, 0) is 10.0 Å². The monoisotopic (exact) mass is 404 g/mol. The number of carbonyl (C=O) groups is 1. The quantitative estimate of drug-likeness (QED) is 0.752. The summed E-state index contributed by atoms with van der Waals surface area (Å²) in [6.07, 6.45) is 1.35. The third-order valence-electron chi connectivity index (χ3n) is 5.12. The van der Waals surface area contributed by atoms with Gasteiger partial charge in [0.2, 0.25) is 10.0 Å². The molecule has 1 N–H and O–H groups in total. The predicted octanol–water partition coefficient (Wildman–Crippen LogP) is 3.00. The second kappa shape index (κ2) is 8.51. The van der Waals surface area contributed by atoms with Crippen molar-refractivity contribution >= 4 is 15.8 Å². The molecule has 1 unspecified atom stereocenters. The van der Waals surface area contributed by atoms with Crippen molar-refractivity contribution in [3.8, 4) is 11.1 Å². The largest absolute Gasteiger partial charge is 0.305 e. The number of carbonyl (C=O) groups excluding carboxylic acids is 1. The number of benzene rings is 2. The number of hydrogen-bond acceptors (Lipinski definition) is 4. The molecule has 7 heteroatoms. The average Bonchev–Trinajstić information content (AvgIpc) is 2.69. The zero-order valence-electron chi connectivity index (χ0n) is 16.1. The van der Waals surface area contributed by atoms with Gasteiger partial charge in [-0.05, 0) is 62.2 Å². The molecule has 1 aliphatic rings. The van der Waals surface area contributed by atoms with Gasteiger partial charge in [0.15, 0.2) is 5.78 Å². The molecule has 1 fully saturated rings. The van der Waals surface area contributed by atoms with Crippen molar-refractivity contribution in [2.75, 3.05) is 26.7 Å². The number of sulfonamides is 1. The standard InChI is InChI=1S/C21H25FN2O3S/c1-15-11-17(16-7-4-3-5-8-16)12-19(21(15)22)20(25)13-23-28(26,27)18-9-6-10-24(2)14-18/h3-5,7-8,11-12,18,23H,6,9-10,13-14H2,1-2H3. The molecular formula is C21H25FN2O3S. The van der Waals surface area contributed by atoms with E-state index in [2.05, 4.69) is 4.72 Å². The first-order chi connectivity index (χ1) is 13.3. The van der Waals surface area contributed by atoms with Crippen LogP contribution in [0.2, 0.25) is 0 Å². The van der Waals surface area contributed by atoms with Crippen molar-refractivity contribution in [1.29, 1.82) is 0 Å². The number of nitrogens with one attached hydrogen (secondary N) is 1. The molecular weight excluding hydrogens is 379 g/mol. The molecule has 0 aromatic heterocycles. The van der Waals surface area contributed by atoms with Crippen molar-refractivity contribution in [1.82, 2.24) is 9.62 Å². The Morgan fingerprint density at radius 1 is 1.21 bits per heavy atom. The van der Waals surface area contributed by atoms with E-state index in [9.17, 15) is 17.6 Å². The number of piperidine rings is 1. The molecule has 5 nitrogen and oxygen atoms in total. The van der Waals surface area contributed by atoms with Crippen LogP contribution in [0, 0.1) is 12.7 Å². The van der Waals surface area contributed by atoms with Gasteiger partial charge in [0.1, 0.15) is 5.82 Å². The number of ketones is 1. The Labute approximate surface area is 165 Å². The molecule has 1 saturated heterocycles. The number of likely N-dealkylation sites (tertiary alicyclic amines) is 1. The van der Waals surface area contributed by atoms with Crippen LogP contribution in [0.25, 0.3) is 11.1 Å². The van der Waals surface area contributed by atoms with Gasteiger partial charge in [0, 0.05) is 6.54 Å². The fourth-order valence-corrected chi connectivity index (χ4v) is 5.02. The van der Waals surface area contributed by atoms with Crippen LogP contribution in [-0.4, -0.2) is 51.0 Å². The van der Waals surface area contributed by atoms with Crippen LogP contribution in [0.5, 0.6) is 0 Å². The lowest BCUT2D eigenvalue weighted by Crippen LogP contribution is -2.46. The number of aryl methyl sites for hydroxylation is 1. The lowest BCUT2D eigenvalue weighted by Gasteiger charge is -2.29. The van der Waals surface area contributed by atoms with Crippen molar-refractivity contribution < 1.29 is 17.6 Å². The van der Waals surface area contributed by atoms with Gasteiger partial charge in [-0.25, -0.2) is 17.5 Å². The molecule has 0 aliphatic carbocycles. The highest BCUT2D eigenvalue weighted by Crippen LogP contribution is 2.25. The second-order valence-corrected chi connectivity index (χ2v) is 9.38. The Hall–Kier alpha value is -2.09. The molecule has 1 heterocycles. The normalized spacial score (nSPS) is 18.2. The summed E-state index contributed by atoms with van der Waals surface area (Å²) in [5, 5.41) is -0.554. The Balaban J connectivity index is 1.78. The molecule has 150 valence electrons. The van der Waals surface area contributed by atoms with E-state index >= 15 is 0 Å². The van der Waals surface area contributed by atoms with E-state index < -0.39 is 33.4 Å². The van der Waals surface area contributed by atoms with Crippen molar-refractivity contribution in [3.05, 3.63) is 59.4 Å². The van der Waals surface area contributed by atoms with Gasteiger partial charge >= 0.3 is 0 Å². The van der Waals surface area contributed by atoms with E-state index in [4.69, 9.17) is 0 Å². The molecule has 0 bridgehead atoms. The Morgan fingerprint density at radius 3 is 2.61 bits per heavy atom. The van der Waals surface area contributed by atoms with Crippen LogP contribution < -0.4 is 4.72 Å². The highest BCUT2D eigenvalue weighted by molar-refractivity contribution is 7.90. The molecule has 2 aromatic rings. The van der Waals surface area contributed by atoms with Crippen LogP contribution in [0.15, 0.2) is 42.5 Å². The lowest BCUT2D eigenvalue weighted by atomic mass is 9.98. The first kappa shape index (κ1) is 20.6. The molecule has 0 spiro atoms. The van der Waals surface area contributed by atoms with Crippen molar-refractivity contribution in [3.63, 3.8) is 0 Å². The summed E-state index contributed by atoms with van der Waals surface area (Å²) < 4.78 is 42.0. The summed E-state index contributed by atoms with van der Waals surface area (Å²) in [4.78, 5) is 14.6. The number of halogens is 1. The third kappa shape index (κ3) is 4.66. The molecule has 1 atom stereocenters. The van der Waals surface area contributed by atoms with Crippen LogP contribution >= 0.6 is 0 Å². The topological polar surface area (TPSA) is 66.5 Å². The summed E-state index contributed by atoms with van der Waals surface area (Å²) in [6, 6.07) is 12.5. The van der Waals surface area contributed by atoms with E-state index in [0.717, 1.165) is 24.1 Å². The van der Waals surface area contributed by atoms with Crippen molar-refractivity contribution in [2.24, 2.45) is 0 Å². The molecule has 0 amide bonds. The predicted molar refractivity (Wildman–Crippen MR) is 108 cm³/mol. The van der Waals surface area contributed by atoms with E-state index in [0.29, 0.717) is 18.5 Å². The second-order valence-electron chi connectivity index (χ2n) is 7.34. The molecule has 0 saturated carbocycles. The first-order valence-electron chi connectivity index (χ1n) is 9.33. The highest BCUT2D eigenvalue weighted by atomic mass is 32.2. The number of nitrogens with zero attached hydrogens (tertiary/aromatic N) is 1. The average molecular weight is 405 g/mol. The number of rotatable bonds is 6. The van der Waals surface area contributed by atoms with Crippen LogP contribution in [0.4, 0.5) is 4.39 Å². The maximum absolute atomic E-state index is 14.6. The Kier molecular flexibility index (Phi) is 6.27. The fourth-order valence-electron chi connectivity index (χ4n) is 3.52. The smallest absolute Gasteiger partial charge is 0.216 e.